The number of hydrogen-bond donors (Lipinski definition) is 1. The van der Waals surface area contributed by atoms with Gasteiger partial charge in [-0.1, -0.05) is 19.9 Å². The minimum absolute atomic E-state index is 0.535. The second-order valence-corrected chi connectivity index (χ2v) is 5.70. The van der Waals surface area contributed by atoms with Crippen molar-refractivity contribution in [3.63, 3.8) is 0 Å². The normalized spacial score (nSPS) is 12.4. The number of allylic oxidation sites excluding steroid dienone is 1. The molecule has 1 rings (SSSR count). The van der Waals surface area contributed by atoms with Gasteiger partial charge in [0, 0.05) is 13.2 Å². The van der Waals surface area contributed by atoms with Gasteiger partial charge in [0.15, 0.2) is 0 Å². The summed E-state index contributed by atoms with van der Waals surface area (Å²) in [4.78, 5) is 0. The van der Waals surface area contributed by atoms with Gasteiger partial charge in [0.05, 0.1) is 29.5 Å². The summed E-state index contributed by atoms with van der Waals surface area (Å²) in [6.07, 6.45) is 5.11. The Labute approximate surface area is 124 Å². The molecule has 1 aromatic rings. The van der Waals surface area contributed by atoms with Crippen molar-refractivity contribution in [3.8, 4) is 0 Å². The fourth-order valence-corrected chi connectivity index (χ4v) is 2.47. The molecule has 0 radical (unpaired) electrons. The average Bonchev–Trinajstić information content (AvgIpc) is 2.73. The Hall–Kier alpha value is -0.650. The standard InChI is InChI=1S/C14H24BrN3O/c1-11(2)16-7-5-6-12(3)14-13(15)10-17-18(14)8-9-19-4/h6,10-11,16H,5,7-9H2,1-4H3. The van der Waals surface area contributed by atoms with Gasteiger partial charge >= 0.3 is 0 Å². The smallest absolute Gasteiger partial charge is 0.0779 e. The molecule has 0 fully saturated rings. The van der Waals surface area contributed by atoms with E-state index in [4.69, 9.17) is 4.74 Å². The molecule has 0 saturated carbocycles. The number of halogens is 1. The molecule has 0 spiro atoms. The average molecular weight is 330 g/mol. The first kappa shape index (κ1) is 16.4. The van der Waals surface area contributed by atoms with Crippen LogP contribution in [-0.2, 0) is 11.3 Å². The van der Waals surface area contributed by atoms with Crippen molar-refractivity contribution < 1.29 is 4.74 Å². The van der Waals surface area contributed by atoms with Gasteiger partial charge in [-0.15, -0.1) is 0 Å². The van der Waals surface area contributed by atoms with Gasteiger partial charge in [0.2, 0.25) is 0 Å². The molecule has 0 atom stereocenters. The third kappa shape index (κ3) is 5.47. The molecule has 0 aliphatic carbocycles. The molecule has 5 heteroatoms. The third-order valence-corrected chi connectivity index (χ3v) is 3.40. The molecule has 0 bridgehead atoms. The first-order valence-corrected chi connectivity index (χ1v) is 7.46. The lowest BCUT2D eigenvalue weighted by molar-refractivity contribution is 0.183. The van der Waals surface area contributed by atoms with Gasteiger partial charge in [-0.05, 0) is 41.4 Å². The molecule has 1 aromatic heterocycles. The largest absolute Gasteiger partial charge is 0.383 e. The van der Waals surface area contributed by atoms with E-state index >= 15 is 0 Å². The van der Waals surface area contributed by atoms with Crippen LogP contribution in [0.5, 0.6) is 0 Å². The molecule has 0 unspecified atom stereocenters. The van der Waals surface area contributed by atoms with E-state index in [1.807, 2.05) is 10.9 Å². The number of nitrogens with zero attached hydrogens (tertiary/aromatic N) is 2. The Morgan fingerprint density at radius 2 is 2.32 bits per heavy atom. The number of hydrogen-bond acceptors (Lipinski definition) is 3. The van der Waals surface area contributed by atoms with Gasteiger partial charge in [-0.25, -0.2) is 0 Å². The van der Waals surface area contributed by atoms with Crippen molar-refractivity contribution in [2.45, 2.75) is 39.8 Å². The molecule has 4 nitrogen and oxygen atoms in total. The maximum atomic E-state index is 5.11. The number of ether oxygens (including phenoxy) is 1. The van der Waals surface area contributed by atoms with Crippen molar-refractivity contribution in [1.82, 2.24) is 15.1 Å². The zero-order valence-corrected chi connectivity index (χ0v) is 13.8. The van der Waals surface area contributed by atoms with Gasteiger partial charge in [-0.3, -0.25) is 4.68 Å². The van der Waals surface area contributed by atoms with Crippen molar-refractivity contribution in [1.29, 1.82) is 0 Å². The topological polar surface area (TPSA) is 39.1 Å². The summed E-state index contributed by atoms with van der Waals surface area (Å²) in [6, 6.07) is 0.535. The molecule has 108 valence electrons. The number of methoxy groups -OCH3 is 1. The van der Waals surface area contributed by atoms with Gasteiger partial charge in [-0.2, -0.15) is 5.10 Å². The predicted molar refractivity (Wildman–Crippen MR) is 83.2 cm³/mol. The predicted octanol–water partition coefficient (Wildman–Crippen LogP) is 3.08. The van der Waals surface area contributed by atoms with Gasteiger partial charge in [0.1, 0.15) is 0 Å². The molecular formula is C14H24BrN3O. The van der Waals surface area contributed by atoms with Crippen LogP contribution in [0.2, 0.25) is 0 Å². The molecule has 1 N–H and O–H groups in total. The lowest BCUT2D eigenvalue weighted by Crippen LogP contribution is -2.23. The molecule has 0 aromatic carbocycles. The van der Waals surface area contributed by atoms with E-state index in [-0.39, 0.29) is 0 Å². The first-order valence-electron chi connectivity index (χ1n) is 6.67. The van der Waals surface area contributed by atoms with Crippen molar-refractivity contribution in [2.24, 2.45) is 0 Å². The van der Waals surface area contributed by atoms with Crippen molar-refractivity contribution in [2.75, 3.05) is 20.3 Å². The summed E-state index contributed by atoms with van der Waals surface area (Å²) < 4.78 is 8.13. The van der Waals surface area contributed by atoms with Crippen LogP contribution in [-0.4, -0.2) is 36.1 Å². The number of nitrogens with one attached hydrogen (secondary N) is 1. The van der Waals surface area contributed by atoms with Crippen molar-refractivity contribution in [3.05, 3.63) is 22.4 Å². The highest BCUT2D eigenvalue weighted by atomic mass is 79.9. The highest BCUT2D eigenvalue weighted by molar-refractivity contribution is 9.10. The fraction of sp³-hybridized carbons (Fsp3) is 0.643. The molecule has 0 saturated heterocycles. The Morgan fingerprint density at radius 3 is 2.95 bits per heavy atom. The Bertz CT molecular complexity index is 413. The minimum Gasteiger partial charge on any atom is -0.383 e. The van der Waals surface area contributed by atoms with Crippen LogP contribution >= 0.6 is 15.9 Å². The zero-order valence-electron chi connectivity index (χ0n) is 12.2. The lowest BCUT2D eigenvalue weighted by atomic mass is 10.1. The fourth-order valence-electron chi connectivity index (χ4n) is 1.86. The molecule has 0 aliphatic heterocycles. The minimum atomic E-state index is 0.535. The maximum Gasteiger partial charge on any atom is 0.0779 e. The van der Waals surface area contributed by atoms with E-state index in [0.29, 0.717) is 12.6 Å². The number of aromatic nitrogens is 2. The quantitative estimate of drug-likeness (QED) is 0.745. The summed E-state index contributed by atoms with van der Waals surface area (Å²) in [5.74, 6) is 0. The van der Waals surface area contributed by atoms with Crippen LogP contribution in [0.1, 0.15) is 32.9 Å². The monoisotopic (exact) mass is 329 g/mol. The second kappa shape index (κ2) is 8.51. The lowest BCUT2D eigenvalue weighted by Gasteiger charge is -2.09. The summed E-state index contributed by atoms with van der Waals surface area (Å²) in [5.41, 5.74) is 2.38. The van der Waals surface area contributed by atoms with E-state index in [1.165, 1.54) is 5.57 Å². The zero-order chi connectivity index (χ0) is 14.3. The summed E-state index contributed by atoms with van der Waals surface area (Å²) in [7, 11) is 1.71. The Kier molecular flexibility index (Phi) is 7.34. The molecule has 0 amide bonds. The summed E-state index contributed by atoms with van der Waals surface area (Å²) in [6.45, 7) is 8.88. The molecule has 1 heterocycles. The van der Waals surface area contributed by atoms with E-state index < -0.39 is 0 Å². The van der Waals surface area contributed by atoms with Crippen LogP contribution < -0.4 is 5.32 Å². The Morgan fingerprint density at radius 1 is 1.58 bits per heavy atom. The highest BCUT2D eigenvalue weighted by Crippen LogP contribution is 2.24. The highest BCUT2D eigenvalue weighted by Gasteiger charge is 2.10. The second-order valence-electron chi connectivity index (χ2n) is 4.84. The molecular weight excluding hydrogens is 306 g/mol. The Balaban J connectivity index is 2.66. The number of rotatable bonds is 8. The summed E-state index contributed by atoms with van der Waals surface area (Å²) in [5, 5.41) is 7.78. The van der Waals surface area contributed by atoms with Crippen LogP contribution in [0.4, 0.5) is 0 Å². The first-order chi connectivity index (χ1) is 9.06. The van der Waals surface area contributed by atoms with E-state index in [1.54, 1.807) is 7.11 Å². The van der Waals surface area contributed by atoms with E-state index in [9.17, 15) is 0 Å². The molecule has 19 heavy (non-hydrogen) atoms. The van der Waals surface area contributed by atoms with Crippen LogP contribution in [0.15, 0.2) is 16.7 Å². The SMILES string of the molecule is COCCn1ncc(Br)c1C(C)=CCCNC(C)C. The third-order valence-electron chi connectivity index (χ3n) is 2.82. The van der Waals surface area contributed by atoms with Gasteiger partial charge in [0.25, 0.3) is 0 Å². The van der Waals surface area contributed by atoms with Crippen LogP contribution in [0.3, 0.4) is 0 Å². The van der Waals surface area contributed by atoms with Gasteiger partial charge < -0.3 is 10.1 Å². The summed E-state index contributed by atoms with van der Waals surface area (Å²) >= 11 is 3.56. The molecule has 0 aliphatic rings. The van der Waals surface area contributed by atoms with E-state index in [0.717, 1.165) is 29.7 Å². The van der Waals surface area contributed by atoms with E-state index in [2.05, 4.69) is 53.2 Å². The van der Waals surface area contributed by atoms with Crippen LogP contribution in [0.25, 0.3) is 5.57 Å². The maximum absolute atomic E-state index is 5.11. The van der Waals surface area contributed by atoms with Crippen molar-refractivity contribution >= 4 is 21.5 Å². The van der Waals surface area contributed by atoms with Crippen LogP contribution in [0, 0.1) is 0 Å².